The molecule has 1 aromatic heterocycles. The van der Waals surface area contributed by atoms with E-state index >= 15 is 0 Å². The van der Waals surface area contributed by atoms with Gasteiger partial charge < -0.3 is 10.2 Å². The standard InChI is InChI=1S/C9H9ClN4O/c1-2-3-14-5-7(15)12-6-4-11-9(10)13-8(6)14/h2,4H,1,3,5H2,(H,12,15). The molecule has 0 bridgehead atoms. The van der Waals surface area contributed by atoms with Crippen molar-refractivity contribution in [1.29, 1.82) is 0 Å². The lowest BCUT2D eigenvalue weighted by atomic mass is 10.3. The van der Waals surface area contributed by atoms with Crippen LogP contribution in [0.4, 0.5) is 11.5 Å². The van der Waals surface area contributed by atoms with Gasteiger partial charge in [-0.15, -0.1) is 6.58 Å². The molecular weight excluding hydrogens is 216 g/mol. The molecule has 2 heterocycles. The maximum absolute atomic E-state index is 11.3. The van der Waals surface area contributed by atoms with Crippen LogP contribution in [0, 0.1) is 0 Å². The minimum Gasteiger partial charge on any atom is -0.342 e. The van der Waals surface area contributed by atoms with Crippen molar-refractivity contribution in [2.24, 2.45) is 0 Å². The van der Waals surface area contributed by atoms with Gasteiger partial charge in [0.25, 0.3) is 0 Å². The molecule has 1 aromatic rings. The number of anilines is 2. The molecular formula is C9H9ClN4O. The van der Waals surface area contributed by atoms with Gasteiger partial charge in [-0.3, -0.25) is 4.79 Å². The van der Waals surface area contributed by atoms with Gasteiger partial charge >= 0.3 is 0 Å². The van der Waals surface area contributed by atoms with Crippen LogP contribution in [0.1, 0.15) is 0 Å². The summed E-state index contributed by atoms with van der Waals surface area (Å²) < 4.78 is 0. The first-order valence-corrected chi connectivity index (χ1v) is 4.76. The van der Waals surface area contributed by atoms with E-state index in [0.29, 0.717) is 18.1 Å². The summed E-state index contributed by atoms with van der Waals surface area (Å²) in [5.41, 5.74) is 0.581. The van der Waals surface area contributed by atoms with Crippen LogP contribution in [-0.2, 0) is 4.79 Å². The number of rotatable bonds is 2. The van der Waals surface area contributed by atoms with Gasteiger partial charge in [-0.25, -0.2) is 4.98 Å². The Morgan fingerprint density at radius 2 is 2.53 bits per heavy atom. The molecule has 0 radical (unpaired) electrons. The zero-order chi connectivity index (χ0) is 10.8. The smallest absolute Gasteiger partial charge is 0.244 e. The molecule has 0 unspecified atom stereocenters. The van der Waals surface area contributed by atoms with E-state index in [1.807, 2.05) is 0 Å². The van der Waals surface area contributed by atoms with Gasteiger partial charge in [0.05, 0.1) is 12.7 Å². The Hall–Kier alpha value is -1.62. The highest BCUT2D eigenvalue weighted by Crippen LogP contribution is 2.26. The van der Waals surface area contributed by atoms with Crippen molar-refractivity contribution >= 4 is 29.0 Å². The Balaban J connectivity index is 2.42. The number of nitrogens with one attached hydrogen (secondary N) is 1. The highest BCUT2D eigenvalue weighted by atomic mass is 35.5. The summed E-state index contributed by atoms with van der Waals surface area (Å²) in [7, 11) is 0. The summed E-state index contributed by atoms with van der Waals surface area (Å²) in [6, 6.07) is 0. The van der Waals surface area contributed by atoms with E-state index in [1.54, 1.807) is 11.0 Å². The molecule has 0 fully saturated rings. The van der Waals surface area contributed by atoms with Gasteiger partial charge in [0.1, 0.15) is 5.69 Å². The van der Waals surface area contributed by atoms with Crippen LogP contribution in [0.2, 0.25) is 5.28 Å². The SMILES string of the molecule is C=CCN1CC(=O)Nc2cnc(Cl)nc21. The highest BCUT2D eigenvalue weighted by Gasteiger charge is 2.22. The first-order valence-electron chi connectivity index (χ1n) is 4.39. The Kier molecular flexibility index (Phi) is 2.55. The minimum absolute atomic E-state index is 0.0877. The molecule has 1 aliphatic rings. The van der Waals surface area contributed by atoms with Crippen molar-refractivity contribution in [3.63, 3.8) is 0 Å². The first-order chi connectivity index (χ1) is 7.20. The van der Waals surface area contributed by atoms with E-state index in [4.69, 9.17) is 11.6 Å². The third-order valence-electron chi connectivity index (χ3n) is 2.00. The van der Waals surface area contributed by atoms with E-state index < -0.39 is 0 Å². The summed E-state index contributed by atoms with van der Waals surface area (Å²) in [5, 5.41) is 2.84. The molecule has 0 aromatic carbocycles. The molecule has 1 aliphatic heterocycles. The number of halogens is 1. The number of fused-ring (bicyclic) bond motifs is 1. The lowest BCUT2D eigenvalue weighted by Gasteiger charge is -2.28. The van der Waals surface area contributed by atoms with E-state index in [2.05, 4.69) is 21.9 Å². The number of nitrogens with zero attached hydrogens (tertiary/aromatic N) is 3. The molecule has 0 spiro atoms. The predicted molar refractivity (Wildman–Crippen MR) is 58.1 cm³/mol. The van der Waals surface area contributed by atoms with Crippen molar-refractivity contribution in [3.8, 4) is 0 Å². The summed E-state index contributed by atoms with van der Waals surface area (Å²) in [6.45, 7) is 4.43. The molecule has 1 N–H and O–H groups in total. The maximum atomic E-state index is 11.3. The van der Waals surface area contributed by atoms with Crippen molar-refractivity contribution in [2.45, 2.75) is 0 Å². The number of hydrogen-bond donors (Lipinski definition) is 1. The predicted octanol–water partition coefficient (Wildman–Crippen LogP) is 1.07. The van der Waals surface area contributed by atoms with E-state index in [1.165, 1.54) is 6.20 Å². The molecule has 15 heavy (non-hydrogen) atoms. The third kappa shape index (κ3) is 1.92. The number of amides is 1. The number of hydrogen-bond acceptors (Lipinski definition) is 4. The van der Waals surface area contributed by atoms with Gasteiger partial charge in [-0.1, -0.05) is 6.08 Å². The lowest BCUT2D eigenvalue weighted by molar-refractivity contribution is -0.115. The number of carbonyl (C=O) groups excluding carboxylic acids is 1. The Bertz CT molecular complexity index is 421. The largest absolute Gasteiger partial charge is 0.342 e. The molecule has 0 saturated carbocycles. The van der Waals surface area contributed by atoms with Crippen LogP contribution in [0.15, 0.2) is 18.9 Å². The zero-order valence-electron chi connectivity index (χ0n) is 7.90. The summed E-state index contributed by atoms with van der Waals surface area (Å²) >= 11 is 5.69. The van der Waals surface area contributed by atoms with E-state index in [0.717, 1.165) is 0 Å². The average Bonchev–Trinajstić information content (AvgIpc) is 2.19. The van der Waals surface area contributed by atoms with Crippen molar-refractivity contribution in [3.05, 3.63) is 24.1 Å². The second-order valence-corrected chi connectivity index (χ2v) is 3.43. The normalized spacial score (nSPS) is 14.5. The topological polar surface area (TPSA) is 58.1 Å². The quantitative estimate of drug-likeness (QED) is 0.603. The van der Waals surface area contributed by atoms with E-state index in [-0.39, 0.29) is 17.7 Å². The van der Waals surface area contributed by atoms with Crippen molar-refractivity contribution in [2.75, 3.05) is 23.3 Å². The lowest BCUT2D eigenvalue weighted by Crippen LogP contribution is -2.39. The first kappa shape index (κ1) is 9.92. The van der Waals surface area contributed by atoms with Crippen molar-refractivity contribution < 1.29 is 4.79 Å². The van der Waals surface area contributed by atoms with Crippen LogP contribution < -0.4 is 10.2 Å². The Morgan fingerprint density at radius 3 is 3.27 bits per heavy atom. The molecule has 6 heteroatoms. The fourth-order valence-electron chi connectivity index (χ4n) is 1.43. The van der Waals surface area contributed by atoms with Crippen molar-refractivity contribution in [1.82, 2.24) is 9.97 Å². The van der Waals surface area contributed by atoms with Crippen LogP contribution in [0.5, 0.6) is 0 Å². The van der Waals surface area contributed by atoms with Gasteiger partial charge in [0.15, 0.2) is 5.82 Å². The molecule has 0 aliphatic carbocycles. The summed E-state index contributed by atoms with van der Waals surface area (Å²) in [5.74, 6) is 0.546. The molecule has 0 saturated heterocycles. The minimum atomic E-state index is -0.0877. The molecule has 5 nitrogen and oxygen atoms in total. The molecule has 0 atom stereocenters. The maximum Gasteiger partial charge on any atom is 0.244 e. The second-order valence-electron chi connectivity index (χ2n) is 3.09. The Morgan fingerprint density at radius 1 is 1.73 bits per heavy atom. The van der Waals surface area contributed by atoms with Gasteiger partial charge in [0, 0.05) is 6.54 Å². The van der Waals surface area contributed by atoms with Crippen LogP contribution in [-0.4, -0.2) is 29.0 Å². The summed E-state index contributed by atoms with van der Waals surface area (Å²) in [4.78, 5) is 21.0. The monoisotopic (exact) mass is 224 g/mol. The molecule has 2 rings (SSSR count). The van der Waals surface area contributed by atoms with E-state index in [9.17, 15) is 4.79 Å². The average molecular weight is 225 g/mol. The fraction of sp³-hybridized carbons (Fsp3) is 0.222. The summed E-state index contributed by atoms with van der Waals surface area (Å²) in [6.07, 6.45) is 3.20. The Labute approximate surface area is 91.8 Å². The van der Waals surface area contributed by atoms with Crippen LogP contribution in [0.3, 0.4) is 0 Å². The highest BCUT2D eigenvalue weighted by molar-refractivity contribution is 6.28. The van der Waals surface area contributed by atoms with Crippen LogP contribution >= 0.6 is 11.6 Å². The molecule has 1 amide bonds. The fourth-order valence-corrected chi connectivity index (χ4v) is 1.55. The number of aromatic nitrogens is 2. The molecule has 78 valence electrons. The third-order valence-corrected chi connectivity index (χ3v) is 2.18. The zero-order valence-corrected chi connectivity index (χ0v) is 8.66. The van der Waals surface area contributed by atoms with Crippen LogP contribution in [0.25, 0.3) is 0 Å². The van der Waals surface area contributed by atoms with Gasteiger partial charge in [-0.2, -0.15) is 4.98 Å². The number of carbonyl (C=O) groups is 1. The second kappa shape index (κ2) is 3.86. The van der Waals surface area contributed by atoms with Gasteiger partial charge in [-0.05, 0) is 11.6 Å². The van der Waals surface area contributed by atoms with Gasteiger partial charge in [0.2, 0.25) is 11.2 Å².